The Morgan fingerprint density at radius 3 is 2.71 bits per heavy atom. The summed E-state index contributed by atoms with van der Waals surface area (Å²) in [4.78, 5) is 49.8. The van der Waals surface area contributed by atoms with Crippen molar-refractivity contribution in [3.63, 3.8) is 0 Å². The predicted molar refractivity (Wildman–Crippen MR) is 99.9 cm³/mol. The number of piperidine rings is 1. The molecule has 2 saturated heterocycles. The zero-order valence-corrected chi connectivity index (χ0v) is 15.8. The highest BCUT2D eigenvalue weighted by atomic mass is 16.6. The number of nitro benzene ring substituents is 1. The summed E-state index contributed by atoms with van der Waals surface area (Å²) >= 11 is 0. The van der Waals surface area contributed by atoms with Gasteiger partial charge in [-0.05, 0) is 37.3 Å². The fourth-order valence-electron chi connectivity index (χ4n) is 3.67. The van der Waals surface area contributed by atoms with Crippen LogP contribution in [0.25, 0.3) is 0 Å². The Balaban J connectivity index is 1.70. The van der Waals surface area contributed by atoms with E-state index in [2.05, 4.69) is 6.92 Å². The molecule has 2 aliphatic heterocycles. The molecule has 9 heteroatoms. The van der Waals surface area contributed by atoms with Gasteiger partial charge in [0.25, 0.3) is 11.6 Å². The number of carbonyl (C=O) groups is 3. The van der Waals surface area contributed by atoms with E-state index in [1.165, 1.54) is 12.1 Å². The number of likely N-dealkylation sites (tertiary alicyclic amines) is 1. The molecule has 0 N–H and O–H groups in total. The largest absolute Gasteiger partial charge is 0.452 e. The van der Waals surface area contributed by atoms with Crippen LogP contribution in [0, 0.1) is 16.0 Å². The lowest BCUT2D eigenvalue weighted by atomic mass is 9.99. The Morgan fingerprint density at radius 2 is 2.07 bits per heavy atom. The lowest BCUT2D eigenvalue weighted by molar-refractivity contribution is -0.384. The highest BCUT2D eigenvalue weighted by Crippen LogP contribution is 2.32. The average Bonchev–Trinajstić information content (AvgIpc) is 3.11. The van der Waals surface area contributed by atoms with Crippen molar-refractivity contribution in [1.82, 2.24) is 4.90 Å². The standard InChI is InChI=1S/C19H23N3O6/c1-13-4-2-8-20(11-13)15-7-6-14(10-16(15)22(26)27)19(25)28-12-18(24)21-9-3-5-17(21)23/h6-7,10,13H,2-5,8-9,11-12H2,1H3. The summed E-state index contributed by atoms with van der Waals surface area (Å²) in [6.07, 6.45) is 2.95. The average molecular weight is 389 g/mol. The molecule has 0 saturated carbocycles. The molecule has 0 spiro atoms. The van der Waals surface area contributed by atoms with Crippen LogP contribution in [0.5, 0.6) is 0 Å². The van der Waals surface area contributed by atoms with Gasteiger partial charge in [-0.25, -0.2) is 4.79 Å². The summed E-state index contributed by atoms with van der Waals surface area (Å²) in [6, 6.07) is 4.20. The summed E-state index contributed by atoms with van der Waals surface area (Å²) in [5, 5.41) is 11.5. The van der Waals surface area contributed by atoms with Gasteiger partial charge in [-0.2, -0.15) is 0 Å². The van der Waals surface area contributed by atoms with Gasteiger partial charge in [-0.3, -0.25) is 24.6 Å². The van der Waals surface area contributed by atoms with E-state index in [1.807, 2.05) is 4.90 Å². The van der Waals surface area contributed by atoms with E-state index in [1.54, 1.807) is 6.07 Å². The lowest BCUT2D eigenvalue weighted by Crippen LogP contribution is -2.35. The monoisotopic (exact) mass is 389 g/mol. The molecule has 1 aromatic rings. The molecule has 2 aliphatic rings. The van der Waals surface area contributed by atoms with Crippen LogP contribution in [-0.2, 0) is 14.3 Å². The minimum absolute atomic E-state index is 0.000978. The van der Waals surface area contributed by atoms with Crippen LogP contribution >= 0.6 is 0 Å². The maximum absolute atomic E-state index is 12.2. The fraction of sp³-hybridized carbons (Fsp3) is 0.526. The number of ether oxygens (including phenoxy) is 1. The van der Waals surface area contributed by atoms with Crippen molar-refractivity contribution in [3.05, 3.63) is 33.9 Å². The Bertz CT molecular complexity index is 809. The Kier molecular flexibility index (Phi) is 5.91. The molecule has 1 unspecified atom stereocenters. The highest BCUT2D eigenvalue weighted by Gasteiger charge is 2.28. The summed E-state index contributed by atoms with van der Waals surface area (Å²) in [6.45, 7) is 3.32. The van der Waals surface area contributed by atoms with Crippen LogP contribution in [0.4, 0.5) is 11.4 Å². The van der Waals surface area contributed by atoms with E-state index >= 15 is 0 Å². The molecule has 0 aromatic heterocycles. The molecule has 0 bridgehead atoms. The maximum atomic E-state index is 12.2. The summed E-state index contributed by atoms with van der Waals surface area (Å²) < 4.78 is 4.97. The molecule has 0 aliphatic carbocycles. The van der Waals surface area contributed by atoms with Crippen LogP contribution in [0.1, 0.15) is 43.0 Å². The van der Waals surface area contributed by atoms with Gasteiger partial charge in [0.15, 0.2) is 6.61 Å². The Morgan fingerprint density at radius 1 is 1.29 bits per heavy atom. The second kappa shape index (κ2) is 8.37. The van der Waals surface area contributed by atoms with Gasteiger partial charge < -0.3 is 9.64 Å². The number of hydrogen-bond acceptors (Lipinski definition) is 7. The first kappa shape index (κ1) is 19.8. The van der Waals surface area contributed by atoms with Crippen molar-refractivity contribution >= 4 is 29.2 Å². The van der Waals surface area contributed by atoms with Gasteiger partial charge in [0, 0.05) is 32.1 Å². The number of nitrogens with zero attached hydrogens (tertiary/aromatic N) is 3. The molecule has 3 rings (SSSR count). The van der Waals surface area contributed by atoms with E-state index < -0.39 is 23.4 Å². The van der Waals surface area contributed by atoms with Crippen molar-refractivity contribution in [3.8, 4) is 0 Å². The lowest BCUT2D eigenvalue weighted by Gasteiger charge is -2.32. The minimum atomic E-state index is -0.832. The summed E-state index contributed by atoms with van der Waals surface area (Å²) in [5.74, 6) is -1.25. The van der Waals surface area contributed by atoms with Crippen molar-refractivity contribution < 1.29 is 24.0 Å². The molecule has 0 radical (unpaired) electrons. The number of benzene rings is 1. The van der Waals surface area contributed by atoms with Gasteiger partial charge in [-0.15, -0.1) is 0 Å². The van der Waals surface area contributed by atoms with Gasteiger partial charge in [0.05, 0.1) is 10.5 Å². The maximum Gasteiger partial charge on any atom is 0.338 e. The van der Waals surface area contributed by atoms with Crippen molar-refractivity contribution in [2.24, 2.45) is 5.92 Å². The number of carbonyl (C=O) groups excluding carboxylic acids is 3. The van der Waals surface area contributed by atoms with E-state index in [-0.39, 0.29) is 17.2 Å². The van der Waals surface area contributed by atoms with Crippen LogP contribution < -0.4 is 4.90 Å². The third kappa shape index (κ3) is 4.29. The zero-order valence-electron chi connectivity index (χ0n) is 15.8. The molecule has 1 atom stereocenters. The number of hydrogen-bond donors (Lipinski definition) is 0. The molecule has 2 heterocycles. The quantitative estimate of drug-likeness (QED) is 0.431. The molecule has 2 fully saturated rings. The molecular weight excluding hydrogens is 366 g/mol. The minimum Gasteiger partial charge on any atom is -0.452 e. The van der Waals surface area contributed by atoms with E-state index in [0.717, 1.165) is 30.8 Å². The normalized spacial score (nSPS) is 19.6. The number of anilines is 1. The number of nitro groups is 1. The van der Waals surface area contributed by atoms with Gasteiger partial charge in [0.2, 0.25) is 5.91 Å². The third-order valence-corrected chi connectivity index (χ3v) is 5.11. The number of amides is 2. The predicted octanol–water partition coefficient (Wildman–Crippen LogP) is 2.14. The van der Waals surface area contributed by atoms with E-state index in [0.29, 0.717) is 31.0 Å². The van der Waals surface area contributed by atoms with Crippen LogP contribution in [-0.4, -0.2) is 53.8 Å². The first-order chi connectivity index (χ1) is 13.4. The summed E-state index contributed by atoms with van der Waals surface area (Å²) in [7, 11) is 0. The van der Waals surface area contributed by atoms with Crippen LogP contribution in [0.15, 0.2) is 18.2 Å². The number of esters is 1. The smallest absolute Gasteiger partial charge is 0.338 e. The van der Waals surface area contributed by atoms with Gasteiger partial charge >= 0.3 is 5.97 Å². The first-order valence-electron chi connectivity index (χ1n) is 9.40. The molecule has 1 aromatic carbocycles. The van der Waals surface area contributed by atoms with E-state index in [4.69, 9.17) is 4.74 Å². The Labute approximate surface area is 162 Å². The molecule has 9 nitrogen and oxygen atoms in total. The molecule has 28 heavy (non-hydrogen) atoms. The van der Waals surface area contributed by atoms with Gasteiger partial charge in [0.1, 0.15) is 5.69 Å². The second-order valence-corrected chi connectivity index (χ2v) is 7.27. The van der Waals surface area contributed by atoms with Crippen LogP contribution in [0.3, 0.4) is 0 Å². The molecular formula is C19H23N3O6. The summed E-state index contributed by atoms with van der Waals surface area (Å²) in [5.41, 5.74) is 0.317. The topological polar surface area (TPSA) is 110 Å². The highest BCUT2D eigenvalue weighted by molar-refractivity contribution is 5.99. The zero-order chi connectivity index (χ0) is 20.3. The van der Waals surface area contributed by atoms with Crippen molar-refractivity contribution in [2.45, 2.75) is 32.6 Å². The number of imide groups is 1. The second-order valence-electron chi connectivity index (χ2n) is 7.27. The van der Waals surface area contributed by atoms with Gasteiger partial charge in [-0.1, -0.05) is 6.92 Å². The SMILES string of the molecule is CC1CCCN(c2ccc(C(=O)OCC(=O)N3CCCC3=O)cc2[N+](=O)[O-])C1. The number of rotatable bonds is 5. The Hall–Kier alpha value is -2.97. The molecule has 2 amide bonds. The molecule has 150 valence electrons. The first-order valence-corrected chi connectivity index (χ1v) is 9.40. The van der Waals surface area contributed by atoms with Crippen molar-refractivity contribution in [1.29, 1.82) is 0 Å². The van der Waals surface area contributed by atoms with Crippen LogP contribution in [0.2, 0.25) is 0 Å². The third-order valence-electron chi connectivity index (χ3n) is 5.11. The fourth-order valence-corrected chi connectivity index (χ4v) is 3.67. The van der Waals surface area contributed by atoms with E-state index in [9.17, 15) is 24.5 Å². The van der Waals surface area contributed by atoms with Crippen molar-refractivity contribution in [2.75, 3.05) is 31.1 Å².